The zero-order valence-corrected chi connectivity index (χ0v) is 49.0. The lowest BCUT2D eigenvalue weighted by atomic mass is 9.98. The molecule has 12 nitrogen and oxygen atoms in total. The minimum atomic E-state index is -1.90. The van der Waals surface area contributed by atoms with E-state index in [-0.39, 0.29) is 25.9 Å². The fourth-order valence-electron chi connectivity index (χ4n) is 9.30. The van der Waals surface area contributed by atoms with Gasteiger partial charge in [-0.1, -0.05) is 236 Å². The zero-order chi connectivity index (χ0) is 56.1. The molecule has 0 bridgehead atoms. The number of aliphatic hydroxyl groups is 2. The van der Waals surface area contributed by atoms with E-state index < -0.39 is 67.3 Å². The first-order valence-corrected chi connectivity index (χ1v) is 31.3. The highest BCUT2D eigenvalue weighted by molar-refractivity contribution is 5.74. The van der Waals surface area contributed by atoms with Gasteiger partial charge in [-0.3, -0.25) is 14.4 Å². The summed E-state index contributed by atoms with van der Waals surface area (Å²) in [5.41, 5.74) is 0. The summed E-state index contributed by atoms with van der Waals surface area (Å²) in [5, 5.41) is 31.5. The monoisotopic (exact) mass is 1080 g/mol. The van der Waals surface area contributed by atoms with Crippen molar-refractivity contribution in [2.75, 3.05) is 13.2 Å². The van der Waals surface area contributed by atoms with E-state index in [0.29, 0.717) is 19.3 Å². The molecule has 12 heteroatoms. The molecule has 1 aliphatic rings. The zero-order valence-electron chi connectivity index (χ0n) is 49.0. The highest BCUT2D eigenvalue weighted by atomic mass is 16.7. The molecule has 3 N–H and O–H groups in total. The Hall–Kier alpha value is -3.58. The molecule has 6 atom stereocenters. The Labute approximate surface area is 468 Å². The molecule has 0 aromatic carbocycles. The lowest BCUT2D eigenvalue weighted by Gasteiger charge is -2.40. The molecular weight excluding hydrogens is 973 g/mol. The van der Waals surface area contributed by atoms with Crippen molar-refractivity contribution >= 4 is 23.9 Å². The molecule has 0 aromatic heterocycles. The Morgan fingerprint density at radius 2 is 0.818 bits per heavy atom. The first-order valence-electron chi connectivity index (χ1n) is 31.3. The summed E-state index contributed by atoms with van der Waals surface area (Å²) in [5.74, 6) is -3.13. The van der Waals surface area contributed by atoms with Crippen molar-refractivity contribution < 1.29 is 58.2 Å². The SMILES string of the molecule is CC/C=C\C/C=C\C/C=C\C/C=C\CCCCCCCCC(=O)OCC(COC1OC(C(=O)O)C(O)C(O)C1OC(=O)CCCCCCCCCCCCC)OC(=O)CCCCCCCCC/C=C\CCCCCCCC. The maximum atomic E-state index is 13.2. The van der Waals surface area contributed by atoms with Gasteiger partial charge < -0.3 is 39.0 Å². The second-order valence-electron chi connectivity index (χ2n) is 21.3. The van der Waals surface area contributed by atoms with Gasteiger partial charge in [-0.05, 0) is 83.5 Å². The molecule has 0 amide bonds. The van der Waals surface area contributed by atoms with Crippen LogP contribution in [0.25, 0.3) is 0 Å². The van der Waals surface area contributed by atoms with Crippen molar-refractivity contribution in [3.05, 3.63) is 60.8 Å². The fourth-order valence-corrected chi connectivity index (χ4v) is 9.30. The number of aliphatic carboxylic acids is 1. The van der Waals surface area contributed by atoms with Gasteiger partial charge in [0.1, 0.15) is 18.8 Å². The summed E-state index contributed by atoms with van der Waals surface area (Å²) in [7, 11) is 0. The van der Waals surface area contributed by atoms with Crippen LogP contribution in [0.5, 0.6) is 0 Å². The van der Waals surface area contributed by atoms with Crippen molar-refractivity contribution in [1.29, 1.82) is 0 Å². The normalized spacial score (nSPS) is 18.4. The topological polar surface area (TPSA) is 175 Å². The number of rotatable bonds is 53. The van der Waals surface area contributed by atoms with E-state index in [1.54, 1.807) is 0 Å². The van der Waals surface area contributed by atoms with Gasteiger partial charge in [0.2, 0.25) is 0 Å². The van der Waals surface area contributed by atoms with Gasteiger partial charge in [-0.15, -0.1) is 0 Å². The molecule has 0 spiro atoms. The Morgan fingerprint density at radius 1 is 0.442 bits per heavy atom. The Kier molecular flexibility index (Phi) is 49.2. The number of carboxylic acids is 1. The number of carboxylic acid groups (broad SMARTS) is 1. The van der Waals surface area contributed by atoms with E-state index in [9.17, 15) is 34.5 Å². The third kappa shape index (κ3) is 43.0. The van der Waals surface area contributed by atoms with Gasteiger partial charge in [0.15, 0.2) is 24.6 Å². The lowest BCUT2D eigenvalue weighted by molar-refractivity contribution is -0.301. The number of ether oxygens (including phenoxy) is 5. The minimum Gasteiger partial charge on any atom is -0.479 e. The van der Waals surface area contributed by atoms with Crippen LogP contribution in [0.1, 0.15) is 278 Å². The summed E-state index contributed by atoms with van der Waals surface area (Å²) in [6.45, 7) is 5.87. The maximum absolute atomic E-state index is 13.2. The van der Waals surface area contributed by atoms with Crippen LogP contribution in [0.2, 0.25) is 0 Å². The third-order valence-corrected chi connectivity index (χ3v) is 14.1. The highest BCUT2D eigenvalue weighted by Crippen LogP contribution is 2.27. The number of allylic oxidation sites excluding steroid dienone is 10. The summed E-state index contributed by atoms with van der Waals surface area (Å²) < 4.78 is 28.5. The highest BCUT2D eigenvalue weighted by Gasteiger charge is 2.50. The molecular formula is C65H112O12. The van der Waals surface area contributed by atoms with Gasteiger partial charge in [0.05, 0.1) is 6.61 Å². The molecule has 0 radical (unpaired) electrons. The van der Waals surface area contributed by atoms with Crippen LogP contribution in [0.4, 0.5) is 0 Å². The van der Waals surface area contributed by atoms with Crippen molar-refractivity contribution in [2.45, 2.75) is 314 Å². The van der Waals surface area contributed by atoms with Gasteiger partial charge in [0.25, 0.3) is 0 Å². The molecule has 1 aliphatic heterocycles. The van der Waals surface area contributed by atoms with E-state index in [1.165, 1.54) is 96.3 Å². The van der Waals surface area contributed by atoms with Crippen LogP contribution in [-0.4, -0.2) is 89.2 Å². The average molecular weight is 1090 g/mol. The van der Waals surface area contributed by atoms with Crippen LogP contribution in [0.15, 0.2) is 60.8 Å². The van der Waals surface area contributed by atoms with E-state index in [2.05, 4.69) is 81.5 Å². The standard InChI is InChI=1S/C65H112O12/c1-4-7-10-13-16-19-22-24-26-28-29-31-32-34-37-39-42-45-48-51-57(66)73-54-56(75-58(67)52-49-46-43-41-38-35-33-30-27-25-23-20-17-14-11-8-5-2)55-74-65-63(61(70)60(69)62(77-65)64(71)72)76-59(68)53-50-47-44-40-36-21-18-15-12-9-6-3/h7,10,16,19,24-27,29,31,56,60-63,65,69-70H,4-6,8-9,11-15,17-18,20-23,28,30,32-55H2,1-3H3,(H,71,72)/b10-7-,19-16-,26-24-,27-25-,31-29-. The minimum absolute atomic E-state index is 0.0608. The third-order valence-electron chi connectivity index (χ3n) is 14.1. The molecule has 6 unspecified atom stereocenters. The summed E-state index contributed by atoms with van der Waals surface area (Å²) in [6, 6.07) is 0. The smallest absolute Gasteiger partial charge is 0.335 e. The first-order chi connectivity index (χ1) is 37.6. The van der Waals surface area contributed by atoms with Crippen molar-refractivity contribution in [3.63, 3.8) is 0 Å². The molecule has 0 aromatic rings. The van der Waals surface area contributed by atoms with Gasteiger partial charge in [-0.2, -0.15) is 0 Å². The predicted molar refractivity (Wildman–Crippen MR) is 312 cm³/mol. The van der Waals surface area contributed by atoms with E-state index in [0.717, 1.165) is 122 Å². The molecule has 1 fully saturated rings. The molecule has 0 aliphatic carbocycles. The maximum Gasteiger partial charge on any atom is 0.335 e. The number of unbranched alkanes of at least 4 members (excludes halogenated alkanes) is 29. The van der Waals surface area contributed by atoms with Crippen LogP contribution in [0, 0.1) is 0 Å². The van der Waals surface area contributed by atoms with Crippen LogP contribution >= 0.6 is 0 Å². The number of carbonyl (C=O) groups excluding carboxylic acids is 3. The predicted octanol–water partition coefficient (Wildman–Crippen LogP) is 16.3. The second-order valence-corrected chi connectivity index (χ2v) is 21.3. The lowest BCUT2D eigenvalue weighted by Crippen LogP contribution is -2.61. The Bertz CT molecular complexity index is 1570. The number of aliphatic hydroxyl groups excluding tert-OH is 2. The summed E-state index contributed by atoms with van der Waals surface area (Å²) in [6.07, 6.45) is 53.3. The van der Waals surface area contributed by atoms with Gasteiger partial charge in [-0.25, -0.2) is 4.79 Å². The Balaban J connectivity index is 2.67. The first kappa shape index (κ1) is 71.4. The molecule has 0 saturated carbocycles. The average Bonchev–Trinajstić information content (AvgIpc) is 3.42. The Morgan fingerprint density at radius 3 is 1.26 bits per heavy atom. The van der Waals surface area contributed by atoms with Crippen molar-refractivity contribution in [3.8, 4) is 0 Å². The second kappa shape index (κ2) is 53.1. The number of hydrogen-bond acceptors (Lipinski definition) is 11. The van der Waals surface area contributed by atoms with Gasteiger partial charge in [0, 0.05) is 19.3 Å². The van der Waals surface area contributed by atoms with Gasteiger partial charge >= 0.3 is 23.9 Å². The van der Waals surface area contributed by atoms with Crippen LogP contribution in [-0.2, 0) is 42.9 Å². The number of esters is 3. The molecule has 1 rings (SSSR count). The molecule has 1 heterocycles. The fraction of sp³-hybridized carbons (Fsp3) is 0.785. The molecule has 77 heavy (non-hydrogen) atoms. The quantitative estimate of drug-likeness (QED) is 0.0228. The molecule has 1 saturated heterocycles. The van der Waals surface area contributed by atoms with Crippen LogP contribution in [0.3, 0.4) is 0 Å². The van der Waals surface area contributed by atoms with E-state index >= 15 is 0 Å². The molecule has 444 valence electrons. The van der Waals surface area contributed by atoms with Crippen molar-refractivity contribution in [1.82, 2.24) is 0 Å². The van der Waals surface area contributed by atoms with E-state index in [1.807, 2.05) is 0 Å². The summed E-state index contributed by atoms with van der Waals surface area (Å²) >= 11 is 0. The van der Waals surface area contributed by atoms with E-state index in [4.69, 9.17) is 23.7 Å². The number of hydrogen-bond donors (Lipinski definition) is 3. The largest absolute Gasteiger partial charge is 0.479 e. The number of carbonyl (C=O) groups is 4. The van der Waals surface area contributed by atoms with Crippen molar-refractivity contribution in [2.24, 2.45) is 0 Å². The van der Waals surface area contributed by atoms with Crippen LogP contribution < -0.4 is 0 Å². The summed E-state index contributed by atoms with van der Waals surface area (Å²) in [4.78, 5) is 51.2.